The van der Waals surface area contributed by atoms with E-state index in [9.17, 15) is 29.1 Å². The molecule has 1 aliphatic rings. The number of ether oxygens (including phenoxy) is 2. The number of amides is 4. The van der Waals surface area contributed by atoms with Crippen molar-refractivity contribution < 1.29 is 38.6 Å². The number of carboxylic acids is 1. The number of nitrogens with zero attached hydrogens (tertiary/aromatic N) is 2. The Labute approximate surface area is 317 Å². The summed E-state index contributed by atoms with van der Waals surface area (Å²) in [5.74, 6) is -3.27. The number of methoxy groups -OCH3 is 2. The smallest absolute Gasteiger partial charge is 0.326 e. The lowest BCUT2D eigenvalue weighted by Crippen LogP contribution is -2.59. The number of carbonyl (C=O) groups excluding carboxylic acids is 4. The number of aliphatic carboxylic acids is 1. The number of rotatable bonds is 21. The Morgan fingerprint density at radius 2 is 1.53 bits per heavy atom. The molecular weight excluding hydrogens is 678 g/mol. The van der Waals surface area contributed by atoms with Gasteiger partial charge in [0.05, 0.1) is 42.7 Å². The fourth-order valence-corrected chi connectivity index (χ4v) is 7.51. The van der Waals surface area contributed by atoms with E-state index in [1.54, 1.807) is 30.8 Å². The second-order valence-electron chi connectivity index (χ2n) is 15.4. The standard InChI is InChI=1S/C40H67N5O8/c1-13-26(7)35(44(10)39(49)34(24(4)5)43-38(48)33(41-9)23(2)3)31(52-11)22-32(46)45-20-14-15-30(45)36(53-12)27(8)37(47)42-29(40(50)51)21-28-18-16-25(6)17-19-28/h16-19,23-24,26-27,29-31,33-36,41H,13-15,20-22H2,1-12H3,(H,42,47)(H,43,48)(H,50,51)/t26-,27+,29-,30-,31+,33-,34-,35+,36+/m0/s1. The fraction of sp³-hybridized carbons (Fsp3) is 0.725. The Morgan fingerprint density at radius 1 is 0.925 bits per heavy atom. The van der Waals surface area contributed by atoms with Crippen LogP contribution >= 0.6 is 0 Å². The average Bonchev–Trinajstić information content (AvgIpc) is 3.60. The normalized spacial score (nSPS) is 19.1. The number of hydrogen-bond acceptors (Lipinski definition) is 8. The molecule has 2 rings (SSSR count). The molecule has 1 fully saturated rings. The van der Waals surface area contributed by atoms with Crippen molar-refractivity contribution >= 4 is 29.6 Å². The van der Waals surface area contributed by atoms with Crippen molar-refractivity contribution in [3.8, 4) is 0 Å². The second-order valence-corrected chi connectivity index (χ2v) is 15.4. The summed E-state index contributed by atoms with van der Waals surface area (Å²) in [5, 5.41) is 18.6. The molecule has 0 bridgehead atoms. The predicted molar refractivity (Wildman–Crippen MR) is 205 cm³/mol. The van der Waals surface area contributed by atoms with Crippen LogP contribution in [0.25, 0.3) is 0 Å². The van der Waals surface area contributed by atoms with Crippen molar-refractivity contribution in [2.45, 2.75) is 130 Å². The van der Waals surface area contributed by atoms with Crippen LogP contribution in [0.2, 0.25) is 0 Å². The largest absolute Gasteiger partial charge is 0.480 e. The summed E-state index contributed by atoms with van der Waals surface area (Å²) in [6.07, 6.45) is 0.812. The van der Waals surface area contributed by atoms with Gasteiger partial charge in [-0.25, -0.2) is 4.79 Å². The van der Waals surface area contributed by atoms with E-state index < -0.39 is 60.2 Å². The number of aryl methyl sites for hydroxylation is 1. The number of carbonyl (C=O) groups is 5. The molecule has 0 aromatic heterocycles. The van der Waals surface area contributed by atoms with Crippen LogP contribution < -0.4 is 16.0 Å². The van der Waals surface area contributed by atoms with Crippen LogP contribution in [0.15, 0.2) is 24.3 Å². The lowest BCUT2D eigenvalue weighted by molar-refractivity contribution is -0.148. The summed E-state index contributed by atoms with van der Waals surface area (Å²) in [6, 6.07) is 4.23. The Balaban J connectivity index is 2.26. The zero-order valence-corrected chi connectivity index (χ0v) is 34.1. The van der Waals surface area contributed by atoms with Crippen LogP contribution in [0.3, 0.4) is 0 Å². The van der Waals surface area contributed by atoms with Crippen molar-refractivity contribution in [3.05, 3.63) is 35.4 Å². The SMILES string of the molecule is CC[C@H](C)[C@H]([C@@H](CC(=O)N1CCC[C@H]1[C@H](OC)[C@@H](C)C(=O)N[C@@H](Cc1ccc(C)cc1)C(=O)O)OC)N(C)C(=O)[C@@H](NC(=O)[C@@H](NC)C(C)C)C(C)C. The average molecular weight is 746 g/mol. The topological polar surface area (TPSA) is 167 Å². The first-order valence-corrected chi connectivity index (χ1v) is 19.1. The first kappa shape index (κ1) is 45.6. The summed E-state index contributed by atoms with van der Waals surface area (Å²) in [7, 11) is 6.46. The number of likely N-dealkylation sites (tertiary alicyclic amines) is 1. The van der Waals surface area contributed by atoms with Gasteiger partial charge in [-0.2, -0.15) is 0 Å². The first-order chi connectivity index (χ1) is 24.9. The maximum Gasteiger partial charge on any atom is 0.326 e. The quantitative estimate of drug-likeness (QED) is 0.148. The van der Waals surface area contributed by atoms with Crippen LogP contribution in [0.4, 0.5) is 0 Å². The molecule has 9 atom stereocenters. The van der Waals surface area contributed by atoms with E-state index in [2.05, 4.69) is 16.0 Å². The Hall–Kier alpha value is -3.55. The Morgan fingerprint density at radius 3 is 2.02 bits per heavy atom. The Bertz CT molecular complexity index is 1350. The summed E-state index contributed by atoms with van der Waals surface area (Å²) >= 11 is 0. The van der Waals surface area contributed by atoms with Crippen molar-refractivity contribution in [1.82, 2.24) is 25.8 Å². The number of hydrogen-bond donors (Lipinski definition) is 4. The molecule has 13 heteroatoms. The van der Waals surface area contributed by atoms with Crippen molar-refractivity contribution in [3.63, 3.8) is 0 Å². The minimum absolute atomic E-state index is 0.0117. The Kier molecular flexibility index (Phi) is 18.4. The molecule has 1 aromatic carbocycles. The number of benzene rings is 1. The molecule has 1 saturated heterocycles. The molecule has 0 radical (unpaired) electrons. The monoisotopic (exact) mass is 745 g/mol. The zero-order chi connectivity index (χ0) is 40.2. The molecule has 4 amide bonds. The van der Waals surface area contributed by atoms with Gasteiger partial charge in [0.15, 0.2) is 0 Å². The molecule has 1 heterocycles. The third kappa shape index (κ3) is 12.2. The molecule has 53 heavy (non-hydrogen) atoms. The van der Waals surface area contributed by atoms with Gasteiger partial charge in [-0.3, -0.25) is 19.2 Å². The molecule has 300 valence electrons. The number of likely N-dealkylation sites (N-methyl/N-ethyl adjacent to an activating group) is 2. The van der Waals surface area contributed by atoms with Gasteiger partial charge in [-0.15, -0.1) is 0 Å². The maximum absolute atomic E-state index is 14.1. The third-order valence-electron chi connectivity index (χ3n) is 10.9. The van der Waals surface area contributed by atoms with E-state index in [4.69, 9.17) is 9.47 Å². The van der Waals surface area contributed by atoms with Crippen LogP contribution in [-0.2, 0) is 39.9 Å². The van der Waals surface area contributed by atoms with E-state index in [0.717, 1.165) is 17.5 Å². The van der Waals surface area contributed by atoms with Gasteiger partial charge in [0.25, 0.3) is 0 Å². The van der Waals surface area contributed by atoms with Gasteiger partial charge in [-0.1, -0.05) is 84.7 Å². The van der Waals surface area contributed by atoms with E-state index in [1.807, 2.05) is 72.7 Å². The summed E-state index contributed by atoms with van der Waals surface area (Å²) in [4.78, 5) is 70.5. The van der Waals surface area contributed by atoms with Crippen molar-refractivity contribution in [1.29, 1.82) is 0 Å². The van der Waals surface area contributed by atoms with Crippen LogP contribution in [-0.4, -0.2) is 122 Å². The molecule has 0 aliphatic carbocycles. The van der Waals surface area contributed by atoms with Crippen LogP contribution in [0.1, 0.15) is 85.3 Å². The minimum atomic E-state index is -1.14. The number of carboxylic acid groups (broad SMARTS) is 1. The molecule has 0 saturated carbocycles. The van der Waals surface area contributed by atoms with E-state index in [-0.39, 0.29) is 48.3 Å². The maximum atomic E-state index is 14.1. The van der Waals surface area contributed by atoms with E-state index >= 15 is 0 Å². The number of nitrogens with one attached hydrogen (secondary N) is 3. The second kappa shape index (κ2) is 21.4. The zero-order valence-electron chi connectivity index (χ0n) is 34.1. The van der Waals surface area contributed by atoms with E-state index in [1.165, 1.54) is 14.2 Å². The highest BCUT2D eigenvalue weighted by molar-refractivity contribution is 5.90. The molecule has 1 aliphatic heterocycles. The fourth-order valence-electron chi connectivity index (χ4n) is 7.51. The third-order valence-corrected chi connectivity index (χ3v) is 10.9. The summed E-state index contributed by atoms with van der Waals surface area (Å²) in [5.41, 5.74) is 1.84. The molecule has 1 aromatic rings. The lowest BCUT2D eigenvalue weighted by atomic mass is 9.89. The van der Waals surface area contributed by atoms with Gasteiger partial charge < -0.3 is 40.3 Å². The highest BCUT2D eigenvalue weighted by Crippen LogP contribution is 2.30. The lowest BCUT2D eigenvalue weighted by Gasteiger charge is -2.41. The molecule has 0 spiro atoms. The molecule has 13 nitrogen and oxygen atoms in total. The van der Waals surface area contributed by atoms with Crippen LogP contribution in [0.5, 0.6) is 0 Å². The predicted octanol–water partition coefficient (Wildman–Crippen LogP) is 3.41. The first-order valence-electron chi connectivity index (χ1n) is 19.1. The van der Waals surface area contributed by atoms with E-state index in [0.29, 0.717) is 19.4 Å². The van der Waals surface area contributed by atoms with Gasteiger partial charge in [0.1, 0.15) is 12.1 Å². The van der Waals surface area contributed by atoms with Gasteiger partial charge in [0.2, 0.25) is 23.6 Å². The van der Waals surface area contributed by atoms with Gasteiger partial charge in [-0.05, 0) is 50.1 Å². The molecule has 0 unspecified atom stereocenters. The highest BCUT2D eigenvalue weighted by Gasteiger charge is 2.43. The van der Waals surface area contributed by atoms with Gasteiger partial charge in [0, 0.05) is 34.2 Å². The minimum Gasteiger partial charge on any atom is -0.480 e. The van der Waals surface area contributed by atoms with Crippen LogP contribution in [0, 0.1) is 30.6 Å². The van der Waals surface area contributed by atoms with Crippen molar-refractivity contribution in [2.24, 2.45) is 23.7 Å². The van der Waals surface area contributed by atoms with Crippen molar-refractivity contribution in [2.75, 3.05) is 34.9 Å². The molecule has 4 N–H and O–H groups in total. The highest BCUT2D eigenvalue weighted by atomic mass is 16.5. The summed E-state index contributed by atoms with van der Waals surface area (Å²) in [6.45, 7) is 15.8. The van der Waals surface area contributed by atoms with Gasteiger partial charge >= 0.3 is 5.97 Å². The summed E-state index contributed by atoms with van der Waals surface area (Å²) < 4.78 is 11.9. The molecular formula is C40H67N5O8.